The number of carbonyl (C=O) groups is 1. The molecule has 0 unspecified atom stereocenters. The zero-order chi connectivity index (χ0) is 26.3. The van der Waals surface area contributed by atoms with Crippen molar-refractivity contribution in [2.45, 2.75) is 69.0 Å². The van der Waals surface area contributed by atoms with Gasteiger partial charge in [-0.2, -0.15) is 0 Å². The van der Waals surface area contributed by atoms with Gasteiger partial charge in [0.05, 0.1) is 4.90 Å². The van der Waals surface area contributed by atoms with Gasteiger partial charge in [-0.3, -0.25) is 4.79 Å². The zero-order valence-electron chi connectivity index (χ0n) is 21.3. The molecule has 0 saturated heterocycles. The van der Waals surface area contributed by atoms with Crippen LogP contribution in [-0.4, -0.2) is 48.0 Å². The van der Waals surface area contributed by atoms with Crippen molar-refractivity contribution in [3.05, 3.63) is 47.0 Å². The number of pyridine rings is 1. The highest BCUT2D eigenvalue weighted by molar-refractivity contribution is 7.90. The van der Waals surface area contributed by atoms with E-state index in [1.165, 1.54) is 10.8 Å². The first kappa shape index (κ1) is 25.8. The van der Waals surface area contributed by atoms with E-state index in [1.54, 1.807) is 37.6 Å². The Hall–Kier alpha value is -3.27. The third-order valence-corrected chi connectivity index (χ3v) is 7.52. The number of sulfone groups is 1. The monoisotopic (exact) mass is 514 g/mol. The summed E-state index contributed by atoms with van der Waals surface area (Å²) in [6.45, 7) is 5.52. The van der Waals surface area contributed by atoms with Gasteiger partial charge in [-0.25, -0.2) is 13.2 Å². The van der Waals surface area contributed by atoms with Crippen molar-refractivity contribution in [2.24, 2.45) is 7.05 Å². The van der Waals surface area contributed by atoms with Crippen molar-refractivity contribution in [3.8, 4) is 11.1 Å². The molecular formula is C26H34N4O5S. The molecule has 10 heteroatoms. The van der Waals surface area contributed by atoms with E-state index in [4.69, 9.17) is 4.74 Å². The predicted molar refractivity (Wildman–Crippen MR) is 141 cm³/mol. The summed E-state index contributed by atoms with van der Waals surface area (Å²) < 4.78 is 31.5. The van der Waals surface area contributed by atoms with Crippen molar-refractivity contribution in [1.82, 2.24) is 14.9 Å². The number of carbonyl (C=O) groups excluding carboxylic acids is 1. The molecule has 0 radical (unpaired) electrons. The lowest BCUT2D eigenvalue weighted by atomic mass is 9.90. The van der Waals surface area contributed by atoms with E-state index in [0.717, 1.165) is 42.3 Å². The van der Waals surface area contributed by atoms with E-state index in [0.29, 0.717) is 11.1 Å². The van der Waals surface area contributed by atoms with E-state index in [1.807, 2.05) is 26.8 Å². The Kier molecular flexibility index (Phi) is 6.92. The Bertz CT molecular complexity index is 1440. The maximum Gasteiger partial charge on any atom is 0.407 e. The first-order valence-electron chi connectivity index (χ1n) is 12.1. The van der Waals surface area contributed by atoms with Crippen LogP contribution >= 0.6 is 0 Å². The van der Waals surface area contributed by atoms with Crippen molar-refractivity contribution in [3.63, 3.8) is 0 Å². The van der Waals surface area contributed by atoms with Crippen LogP contribution in [0.5, 0.6) is 0 Å². The molecular weight excluding hydrogens is 480 g/mol. The standard InChI is InChI=1S/C26H34N4O5S/c1-26(2,3)35-25(32)29-17-8-6-16(7-9-17)28-22-11-10-18(36(5,33)34)14-20(22)21-15-30(4)24(31)23-19(21)12-13-27-23/h10-17,27-28H,6-9H2,1-5H3,(H,29,32). The minimum Gasteiger partial charge on any atom is -0.444 e. The Balaban J connectivity index is 1.59. The fourth-order valence-electron chi connectivity index (χ4n) is 4.66. The number of amides is 1. The average Bonchev–Trinajstić information content (AvgIpc) is 3.26. The van der Waals surface area contributed by atoms with Gasteiger partial charge in [0.2, 0.25) is 0 Å². The van der Waals surface area contributed by atoms with E-state index < -0.39 is 21.5 Å². The molecule has 3 aromatic rings. The quantitative estimate of drug-likeness (QED) is 0.469. The number of aromatic nitrogens is 2. The van der Waals surface area contributed by atoms with E-state index >= 15 is 0 Å². The molecule has 2 heterocycles. The summed E-state index contributed by atoms with van der Waals surface area (Å²) in [6, 6.07) is 7.09. The molecule has 1 aromatic carbocycles. The van der Waals surface area contributed by atoms with Gasteiger partial charge in [0, 0.05) is 60.0 Å². The number of aryl methyl sites for hydroxylation is 1. The van der Waals surface area contributed by atoms with Crippen LogP contribution in [-0.2, 0) is 21.6 Å². The second-order valence-corrected chi connectivity index (χ2v) is 12.6. The molecule has 1 saturated carbocycles. The molecule has 0 atom stereocenters. The number of aromatic amines is 1. The maximum absolute atomic E-state index is 12.6. The minimum atomic E-state index is -3.43. The Morgan fingerprint density at radius 1 is 1.08 bits per heavy atom. The van der Waals surface area contributed by atoms with E-state index in [9.17, 15) is 18.0 Å². The lowest BCUT2D eigenvalue weighted by Crippen LogP contribution is -2.42. The predicted octanol–water partition coefficient (Wildman–Crippen LogP) is 4.18. The van der Waals surface area contributed by atoms with Crippen LogP contribution in [0.25, 0.3) is 22.0 Å². The van der Waals surface area contributed by atoms with Crippen LogP contribution in [0.3, 0.4) is 0 Å². The molecule has 2 aromatic heterocycles. The van der Waals surface area contributed by atoms with Gasteiger partial charge in [0.15, 0.2) is 9.84 Å². The molecule has 1 fully saturated rings. The average molecular weight is 515 g/mol. The number of anilines is 1. The summed E-state index contributed by atoms with van der Waals surface area (Å²) in [5.41, 5.74) is 2.06. The third kappa shape index (κ3) is 5.75. The summed E-state index contributed by atoms with van der Waals surface area (Å²) >= 11 is 0. The first-order chi connectivity index (χ1) is 16.8. The summed E-state index contributed by atoms with van der Waals surface area (Å²) in [7, 11) is -1.75. The number of hydrogen-bond acceptors (Lipinski definition) is 6. The molecule has 9 nitrogen and oxygen atoms in total. The number of benzene rings is 1. The van der Waals surface area contributed by atoms with Crippen molar-refractivity contribution >= 4 is 32.5 Å². The van der Waals surface area contributed by atoms with Crippen molar-refractivity contribution in [2.75, 3.05) is 11.6 Å². The molecule has 0 aliphatic heterocycles. The molecule has 1 amide bonds. The summed E-state index contributed by atoms with van der Waals surface area (Å²) in [4.78, 5) is 27.9. The fraction of sp³-hybridized carbons (Fsp3) is 0.462. The molecule has 0 bridgehead atoms. The van der Waals surface area contributed by atoms with Crippen LogP contribution in [0.2, 0.25) is 0 Å². The van der Waals surface area contributed by atoms with E-state index in [2.05, 4.69) is 15.6 Å². The molecule has 36 heavy (non-hydrogen) atoms. The van der Waals surface area contributed by atoms with Gasteiger partial charge < -0.3 is 24.9 Å². The Labute approximate surface area is 211 Å². The lowest BCUT2D eigenvalue weighted by Gasteiger charge is -2.31. The third-order valence-electron chi connectivity index (χ3n) is 6.41. The van der Waals surface area contributed by atoms with Gasteiger partial charge >= 0.3 is 6.09 Å². The number of hydrogen-bond donors (Lipinski definition) is 3. The Morgan fingerprint density at radius 2 is 1.75 bits per heavy atom. The maximum atomic E-state index is 12.6. The van der Waals surface area contributed by atoms with Gasteiger partial charge in [-0.15, -0.1) is 0 Å². The van der Waals surface area contributed by atoms with Crippen molar-refractivity contribution in [1.29, 1.82) is 0 Å². The van der Waals surface area contributed by atoms with Crippen LogP contribution in [0.1, 0.15) is 46.5 Å². The normalized spacial score (nSPS) is 18.7. The highest BCUT2D eigenvalue weighted by Gasteiger charge is 2.26. The minimum absolute atomic E-state index is 0.0492. The highest BCUT2D eigenvalue weighted by Crippen LogP contribution is 2.36. The molecule has 194 valence electrons. The molecule has 4 rings (SSSR count). The topological polar surface area (TPSA) is 122 Å². The van der Waals surface area contributed by atoms with Crippen LogP contribution in [0, 0.1) is 0 Å². The lowest BCUT2D eigenvalue weighted by molar-refractivity contribution is 0.0492. The summed E-state index contributed by atoms with van der Waals surface area (Å²) in [6.07, 6.45) is 7.51. The highest BCUT2D eigenvalue weighted by atomic mass is 32.2. The fourth-order valence-corrected chi connectivity index (χ4v) is 5.31. The van der Waals surface area contributed by atoms with Crippen LogP contribution in [0.15, 0.2) is 46.3 Å². The SMILES string of the molecule is Cn1cc(-c2cc(S(C)(=O)=O)ccc2NC2CCC(NC(=O)OC(C)(C)C)CC2)c2cc[nH]c2c1=O. The van der Waals surface area contributed by atoms with Gasteiger partial charge in [-0.05, 0) is 70.7 Å². The van der Waals surface area contributed by atoms with Gasteiger partial charge in [0.1, 0.15) is 11.1 Å². The number of nitrogens with zero attached hydrogens (tertiary/aromatic N) is 1. The van der Waals surface area contributed by atoms with Gasteiger partial charge in [0.25, 0.3) is 5.56 Å². The second kappa shape index (κ2) is 9.65. The summed E-state index contributed by atoms with van der Waals surface area (Å²) in [5, 5.41) is 7.29. The van der Waals surface area contributed by atoms with Crippen LogP contribution in [0.4, 0.5) is 10.5 Å². The number of ether oxygens (including phenoxy) is 1. The molecule has 3 N–H and O–H groups in total. The number of nitrogens with one attached hydrogen (secondary N) is 3. The number of rotatable bonds is 5. The van der Waals surface area contributed by atoms with Crippen LogP contribution < -0.4 is 16.2 Å². The zero-order valence-corrected chi connectivity index (χ0v) is 22.2. The number of H-pyrrole nitrogens is 1. The molecule has 0 spiro atoms. The smallest absolute Gasteiger partial charge is 0.407 e. The molecule has 1 aliphatic carbocycles. The Morgan fingerprint density at radius 3 is 2.39 bits per heavy atom. The van der Waals surface area contributed by atoms with Gasteiger partial charge in [-0.1, -0.05) is 0 Å². The number of alkyl carbamates (subject to hydrolysis) is 1. The van der Waals surface area contributed by atoms with E-state index in [-0.39, 0.29) is 22.5 Å². The van der Waals surface area contributed by atoms with Crippen molar-refractivity contribution < 1.29 is 17.9 Å². The molecule has 1 aliphatic rings. The first-order valence-corrected chi connectivity index (χ1v) is 14.0. The largest absolute Gasteiger partial charge is 0.444 e. The second-order valence-electron chi connectivity index (χ2n) is 10.5. The summed E-state index contributed by atoms with van der Waals surface area (Å²) in [5.74, 6) is 0. The number of fused-ring (bicyclic) bond motifs is 1.